The molecule has 2 heteroatoms. The van der Waals surface area contributed by atoms with Gasteiger partial charge in [0.15, 0.2) is 0 Å². The molecule has 1 unspecified atom stereocenters. The number of thiol groups is 1. The van der Waals surface area contributed by atoms with Gasteiger partial charge in [0.25, 0.3) is 0 Å². The van der Waals surface area contributed by atoms with Crippen LogP contribution in [0.1, 0.15) is 13.8 Å². The minimum absolute atomic E-state index is 0.850. The van der Waals surface area contributed by atoms with Gasteiger partial charge in [-0.25, -0.2) is 0 Å². The van der Waals surface area contributed by atoms with Crippen molar-refractivity contribution in [2.45, 2.75) is 19.5 Å². The summed E-state index contributed by atoms with van der Waals surface area (Å²) in [5.74, 6) is 0. The highest BCUT2D eigenvalue weighted by Gasteiger charge is 1.85. The maximum Gasteiger partial charge on any atom is 0.00797 e. The average Bonchev–Trinajstić information content (AvgIpc) is 1.35. The normalized spacial score (nSPS) is 12.0. The van der Waals surface area contributed by atoms with E-state index >= 15 is 0 Å². The molecule has 0 bridgehead atoms. The second-order valence-electron chi connectivity index (χ2n) is 1.52. The Bertz CT molecular complexity index is 28.7. The molecule has 0 saturated carbocycles. The van der Waals surface area contributed by atoms with E-state index in [-0.39, 0.29) is 0 Å². The molecule has 0 aliphatic heterocycles. The van der Waals surface area contributed by atoms with E-state index in [1.54, 1.807) is 0 Å². The van der Waals surface area contributed by atoms with Crippen LogP contribution in [0.3, 0.4) is 0 Å². The molecule has 0 nitrogen and oxygen atoms in total. The van der Waals surface area contributed by atoms with E-state index in [4.69, 9.17) is 0 Å². The van der Waals surface area contributed by atoms with Gasteiger partial charge in [0.05, 0.1) is 0 Å². The van der Waals surface area contributed by atoms with Crippen molar-refractivity contribution in [3.05, 3.63) is 0 Å². The summed E-state index contributed by atoms with van der Waals surface area (Å²) in [7, 11) is 1.04. The van der Waals surface area contributed by atoms with E-state index in [0.29, 0.717) is 0 Å². The van der Waals surface area contributed by atoms with Gasteiger partial charge in [-0.3, -0.25) is 0 Å². The van der Waals surface area contributed by atoms with Gasteiger partial charge in [-0.2, -0.15) is 12.6 Å². The quantitative estimate of drug-likeness (QED) is 0.420. The van der Waals surface area contributed by atoms with Crippen molar-refractivity contribution in [2.24, 2.45) is 0 Å². The third kappa shape index (κ3) is 4.78. The minimum atomic E-state index is 0.850. The Kier molecular flexibility index (Phi) is 4.47. The van der Waals surface area contributed by atoms with Gasteiger partial charge in [-0.05, 0) is 5.66 Å². The van der Waals surface area contributed by atoms with Gasteiger partial charge in [-0.1, -0.05) is 13.8 Å². The lowest BCUT2D eigenvalue weighted by Crippen LogP contribution is -1.79. The highest BCUT2D eigenvalue weighted by molar-refractivity contribution is 7.86. The van der Waals surface area contributed by atoms with Crippen molar-refractivity contribution in [2.75, 3.05) is 5.49 Å². The molecule has 1 atom stereocenters. The Morgan fingerprint density at radius 2 is 2.17 bits per heavy atom. The fraction of sp³-hybridized carbons (Fsp3) is 1.00. The Hall–Kier alpha value is 0.780. The zero-order valence-electron chi connectivity index (χ0n) is 4.23. The molecule has 0 aromatic heterocycles. The highest BCUT2D eigenvalue weighted by atomic mass is 32.1. The summed E-state index contributed by atoms with van der Waals surface area (Å²) < 4.78 is 0. The summed E-state index contributed by atoms with van der Waals surface area (Å²) in [4.78, 5) is 0. The molecule has 0 rings (SSSR count). The van der Waals surface area contributed by atoms with Crippen LogP contribution in [0.25, 0.3) is 0 Å². The summed E-state index contributed by atoms with van der Waals surface area (Å²) in [6.45, 7) is 4.43. The average molecular weight is 122 g/mol. The lowest BCUT2D eigenvalue weighted by Gasteiger charge is -1.96. The molecule has 0 aliphatic rings. The fourth-order valence-electron chi connectivity index (χ4n) is 0.183. The van der Waals surface area contributed by atoms with Crippen LogP contribution in [-0.2, 0) is 0 Å². The van der Waals surface area contributed by atoms with Gasteiger partial charge >= 0.3 is 0 Å². The topological polar surface area (TPSA) is 0 Å². The standard InChI is InChI=1S/C4H11PS/c1-4(2)5-3-6/h4-6H,3H2,1-2H3. The molecule has 6 heavy (non-hydrogen) atoms. The summed E-state index contributed by atoms with van der Waals surface area (Å²) >= 11 is 4.07. The van der Waals surface area contributed by atoms with E-state index < -0.39 is 0 Å². The van der Waals surface area contributed by atoms with Gasteiger partial charge in [0.1, 0.15) is 0 Å². The first kappa shape index (κ1) is 6.78. The van der Waals surface area contributed by atoms with Crippen molar-refractivity contribution < 1.29 is 0 Å². The maximum absolute atomic E-state index is 4.07. The summed E-state index contributed by atoms with van der Waals surface area (Å²) in [6, 6.07) is 0. The SMILES string of the molecule is CC(C)PCS. The Labute approximate surface area is 46.9 Å². The van der Waals surface area contributed by atoms with Gasteiger partial charge in [0, 0.05) is 5.49 Å². The van der Waals surface area contributed by atoms with Crippen LogP contribution in [0.4, 0.5) is 0 Å². The predicted octanol–water partition coefficient (Wildman–Crippen LogP) is 1.96. The maximum atomic E-state index is 4.07. The summed E-state index contributed by atoms with van der Waals surface area (Å²) in [5, 5.41) is 0. The van der Waals surface area contributed by atoms with Crippen molar-refractivity contribution in [1.29, 1.82) is 0 Å². The lowest BCUT2D eigenvalue weighted by molar-refractivity contribution is 1.11. The monoisotopic (exact) mass is 122 g/mol. The Morgan fingerprint density at radius 3 is 2.17 bits per heavy atom. The van der Waals surface area contributed by atoms with Crippen molar-refractivity contribution in [3.63, 3.8) is 0 Å². The van der Waals surface area contributed by atoms with Crippen LogP contribution in [0.2, 0.25) is 0 Å². The van der Waals surface area contributed by atoms with E-state index in [1.807, 2.05) is 0 Å². The second kappa shape index (κ2) is 3.95. The zero-order chi connectivity index (χ0) is 4.99. The second-order valence-corrected chi connectivity index (χ2v) is 4.34. The first-order valence-corrected chi connectivity index (χ1v) is 4.03. The molecule has 0 spiro atoms. The number of hydrogen-bond acceptors (Lipinski definition) is 1. The molecule has 38 valence electrons. The molecule has 0 aliphatic carbocycles. The molecule has 0 radical (unpaired) electrons. The third-order valence-corrected chi connectivity index (χ3v) is 2.05. The van der Waals surface area contributed by atoms with Crippen LogP contribution in [0.15, 0.2) is 0 Å². The highest BCUT2D eigenvalue weighted by Crippen LogP contribution is 2.17. The lowest BCUT2D eigenvalue weighted by atomic mass is 10.6. The fourth-order valence-corrected chi connectivity index (χ4v) is 1.64. The molecule has 0 amide bonds. The largest absolute Gasteiger partial charge is 0.175 e. The van der Waals surface area contributed by atoms with Gasteiger partial charge < -0.3 is 0 Å². The molecule has 0 aromatic carbocycles. The molecule has 0 fully saturated rings. The van der Waals surface area contributed by atoms with Crippen LogP contribution in [-0.4, -0.2) is 11.2 Å². The smallest absolute Gasteiger partial charge is 0.00797 e. The first-order valence-electron chi connectivity index (χ1n) is 2.11. The van der Waals surface area contributed by atoms with E-state index in [2.05, 4.69) is 26.5 Å². The van der Waals surface area contributed by atoms with Gasteiger partial charge in [-0.15, -0.1) is 8.58 Å². The van der Waals surface area contributed by atoms with Crippen LogP contribution < -0.4 is 0 Å². The Balaban J connectivity index is 2.63. The van der Waals surface area contributed by atoms with Crippen LogP contribution in [0, 0.1) is 0 Å². The predicted molar refractivity (Wildman–Crippen MR) is 37.3 cm³/mol. The van der Waals surface area contributed by atoms with Crippen molar-refractivity contribution >= 4 is 21.2 Å². The summed E-state index contributed by atoms with van der Waals surface area (Å²) in [5.41, 5.74) is 1.90. The van der Waals surface area contributed by atoms with Crippen LogP contribution >= 0.6 is 21.2 Å². The van der Waals surface area contributed by atoms with E-state index in [9.17, 15) is 0 Å². The zero-order valence-corrected chi connectivity index (χ0v) is 6.13. The van der Waals surface area contributed by atoms with E-state index in [0.717, 1.165) is 19.7 Å². The molecule has 0 saturated heterocycles. The van der Waals surface area contributed by atoms with E-state index in [1.165, 1.54) is 0 Å². The minimum Gasteiger partial charge on any atom is -0.175 e. The van der Waals surface area contributed by atoms with Crippen LogP contribution in [0.5, 0.6) is 0 Å². The molecular formula is C4H11PS. The molecule has 0 N–H and O–H groups in total. The number of rotatable bonds is 2. The molecular weight excluding hydrogens is 111 g/mol. The summed E-state index contributed by atoms with van der Waals surface area (Å²) in [6.07, 6.45) is 0. The number of hydrogen-bond donors (Lipinski definition) is 1. The van der Waals surface area contributed by atoms with Crippen molar-refractivity contribution in [3.8, 4) is 0 Å². The molecule has 0 heterocycles. The third-order valence-electron chi connectivity index (χ3n) is 0.500. The van der Waals surface area contributed by atoms with Crippen molar-refractivity contribution in [1.82, 2.24) is 0 Å². The van der Waals surface area contributed by atoms with Gasteiger partial charge in [0.2, 0.25) is 0 Å². The first-order chi connectivity index (χ1) is 2.77. The molecule has 0 aromatic rings. The Morgan fingerprint density at radius 1 is 1.67 bits per heavy atom.